The first kappa shape index (κ1) is 16.2. The van der Waals surface area contributed by atoms with Crippen LogP contribution in [0.3, 0.4) is 0 Å². The molecule has 2 aromatic carbocycles. The number of rotatable bonds is 5. The number of hydrogen-bond acceptors (Lipinski definition) is 2. The zero-order chi connectivity index (χ0) is 16.9. The van der Waals surface area contributed by atoms with E-state index in [0.717, 1.165) is 11.3 Å². The second kappa shape index (κ2) is 7.25. The molecule has 3 rings (SSSR count). The van der Waals surface area contributed by atoms with Gasteiger partial charge in [0.05, 0.1) is 5.92 Å². The standard InChI is InChI=1S/C19H19FN2O2/c20-16-8-6-14(7-9-16)10-11-22-13-15(12-18(22)23)19(24)21-17-4-2-1-3-5-17/h1-9,15H,10-13H2,(H,21,24). The number of nitrogens with one attached hydrogen (secondary N) is 1. The number of amides is 2. The molecule has 2 amide bonds. The molecular weight excluding hydrogens is 307 g/mol. The van der Waals surface area contributed by atoms with Crippen LogP contribution in [0.5, 0.6) is 0 Å². The molecule has 0 aromatic heterocycles. The van der Waals surface area contributed by atoms with E-state index in [9.17, 15) is 14.0 Å². The molecule has 1 unspecified atom stereocenters. The van der Waals surface area contributed by atoms with E-state index in [4.69, 9.17) is 0 Å². The lowest BCUT2D eigenvalue weighted by Crippen LogP contribution is -2.30. The van der Waals surface area contributed by atoms with Crippen molar-refractivity contribution in [1.82, 2.24) is 4.90 Å². The summed E-state index contributed by atoms with van der Waals surface area (Å²) < 4.78 is 12.9. The number of carbonyl (C=O) groups is 2. The van der Waals surface area contributed by atoms with Crippen LogP contribution >= 0.6 is 0 Å². The third-order valence-corrected chi connectivity index (χ3v) is 4.21. The van der Waals surface area contributed by atoms with Gasteiger partial charge in [-0.05, 0) is 36.2 Å². The monoisotopic (exact) mass is 326 g/mol. The van der Waals surface area contributed by atoms with Gasteiger partial charge in [-0.1, -0.05) is 30.3 Å². The largest absolute Gasteiger partial charge is 0.342 e. The molecule has 2 aromatic rings. The quantitative estimate of drug-likeness (QED) is 0.918. The van der Waals surface area contributed by atoms with Crippen LogP contribution in [0.2, 0.25) is 0 Å². The Morgan fingerprint density at radius 3 is 2.54 bits per heavy atom. The highest BCUT2D eigenvalue weighted by molar-refractivity contribution is 5.97. The fourth-order valence-corrected chi connectivity index (χ4v) is 2.84. The van der Waals surface area contributed by atoms with Crippen molar-refractivity contribution in [2.24, 2.45) is 5.92 Å². The predicted molar refractivity (Wildman–Crippen MR) is 89.9 cm³/mol. The van der Waals surface area contributed by atoms with Crippen molar-refractivity contribution in [3.8, 4) is 0 Å². The maximum absolute atomic E-state index is 12.9. The Labute approximate surface area is 140 Å². The average Bonchev–Trinajstić information content (AvgIpc) is 2.96. The Balaban J connectivity index is 1.53. The zero-order valence-corrected chi connectivity index (χ0v) is 13.2. The first-order chi connectivity index (χ1) is 11.6. The van der Waals surface area contributed by atoms with Gasteiger partial charge in [-0.2, -0.15) is 0 Å². The lowest BCUT2D eigenvalue weighted by atomic mass is 10.1. The Morgan fingerprint density at radius 2 is 1.83 bits per heavy atom. The smallest absolute Gasteiger partial charge is 0.229 e. The minimum atomic E-state index is -0.328. The highest BCUT2D eigenvalue weighted by Crippen LogP contribution is 2.20. The topological polar surface area (TPSA) is 49.4 Å². The lowest BCUT2D eigenvalue weighted by Gasteiger charge is -2.16. The minimum absolute atomic E-state index is 0.00896. The molecule has 1 saturated heterocycles. The average molecular weight is 326 g/mol. The summed E-state index contributed by atoms with van der Waals surface area (Å²) in [6, 6.07) is 15.5. The number of anilines is 1. The molecule has 0 aliphatic carbocycles. The SMILES string of the molecule is O=C(Nc1ccccc1)C1CC(=O)N(CCc2ccc(F)cc2)C1. The summed E-state index contributed by atoms with van der Waals surface area (Å²) in [7, 11) is 0. The molecule has 1 atom stereocenters. The van der Waals surface area contributed by atoms with Gasteiger partial charge in [-0.15, -0.1) is 0 Å². The van der Waals surface area contributed by atoms with Crippen molar-refractivity contribution in [2.75, 3.05) is 18.4 Å². The molecule has 1 aliphatic heterocycles. The van der Waals surface area contributed by atoms with Crippen molar-refractivity contribution < 1.29 is 14.0 Å². The van der Waals surface area contributed by atoms with Crippen LogP contribution in [0.15, 0.2) is 54.6 Å². The molecule has 1 aliphatic rings. The number of carbonyl (C=O) groups excluding carboxylic acids is 2. The second-order valence-electron chi connectivity index (χ2n) is 5.97. The molecule has 1 fully saturated rings. The van der Waals surface area contributed by atoms with Crippen molar-refractivity contribution in [1.29, 1.82) is 0 Å². The first-order valence-electron chi connectivity index (χ1n) is 8.00. The van der Waals surface area contributed by atoms with E-state index in [2.05, 4.69) is 5.32 Å². The van der Waals surface area contributed by atoms with Crippen LogP contribution in [0.1, 0.15) is 12.0 Å². The van der Waals surface area contributed by atoms with Gasteiger partial charge in [0.1, 0.15) is 5.82 Å². The van der Waals surface area contributed by atoms with Gasteiger partial charge in [0, 0.05) is 25.2 Å². The van der Waals surface area contributed by atoms with Gasteiger partial charge in [0.2, 0.25) is 11.8 Å². The van der Waals surface area contributed by atoms with E-state index in [1.54, 1.807) is 17.0 Å². The van der Waals surface area contributed by atoms with Crippen LogP contribution in [-0.4, -0.2) is 29.8 Å². The molecule has 1 heterocycles. The molecule has 0 spiro atoms. The van der Waals surface area contributed by atoms with Gasteiger partial charge >= 0.3 is 0 Å². The maximum atomic E-state index is 12.9. The van der Waals surface area contributed by atoms with Crippen molar-refractivity contribution in [2.45, 2.75) is 12.8 Å². The summed E-state index contributed by atoms with van der Waals surface area (Å²) in [5, 5.41) is 2.85. The molecule has 0 bridgehead atoms. The maximum Gasteiger partial charge on any atom is 0.229 e. The highest BCUT2D eigenvalue weighted by atomic mass is 19.1. The van der Waals surface area contributed by atoms with Crippen molar-refractivity contribution in [3.05, 3.63) is 66.0 Å². The van der Waals surface area contributed by atoms with Gasteiger partial charge in [-0.3, -0.25) is 9.59 Å². The number of para-hydroxylation sites is 1. The number of halogens is 1. The Hall–Kier alpha value is -2.69. The number of likely N-dealkylation sites (tertiary alicyclic amines) is 1. The van der Waals surface area contributed by atoms with Crippen LogP contribution < -0.4 is 5.32 Å². The van der Waals surface area contributed by atoms with Crippen LogP contribution in [0, 0.1) is 11.7 Å². The van der Waals surface area contributed by atoms with Crippen molar-refractivity contribution >= 4 is 17.5 Å². The summed E-state index contributed by atoms with van der Waals surface area (Å²) in [6.45, 7) is 0.971. The second-order valence-corrected chi connectivity index (χ2v) is 5.97. The van der Waals surface area contributed by atoms with Gasteiger partial charge < -0.3 is 10.2 Å². The highest BCUT2D eigenvalue weighted by Gasteiger charge is 2.33. The van der Waals surface area contributed by atoms with E-state index in [1.165, 1.54) is 12.1 Å². The molecule has 0 saturated carbocycles. The van der Waals surface area contributed by atoms with Gasteiger partial charge in [0.25, 0.3) is 0 Å². The van der Waals surface area contributed by atoms with Gasteiger partial charge in [-0.25, -0.2) is 4.39 Å². The third kappa shape index (κ3) is 3.98. The molecule has 1 N–H and O–H groups in total. The fourth-order valence-electron chi connectivity index (χ4n) is 2.84. The summed E-state index contributed by atoms with van der Waals surface area (Å²) >= 11 is 0. The summed E-state index contributed by atoms with van der Waals surface area (Å²) in [5.74, 6) is -0.733. The van der Waals surface area contributed by atoms with Gasteiger partial charge in [0.15, 0.2) is 0 Å². The van der Waals surface area contributed by atoms with E-state index in [-0.39, 0.29) is 30.0 Å². The predicted octanol–water partition coefficient (Wildman–Crippen LogP) is 2.86. The van der Waals surface area contributed by atoms with E-state index < -0.39 is 0 Å². The molecule has 4 nitrogen and oxygen atoms in total. The van der Waals surface area contributed by atoms with Crippen molar-refractivity contribution in [3.63, 3.8) is 0 Å². The zero-order valence-electron chi connectivity index (χ0n) is 13.2. The van der Waals surface area contributed by atoms with Crippen LogP contribution in [0.25, 0.3) is 0 Å². The number of nitrogens with zero attached hydrogens (tertiary/aromatic N) is 1. The summed E-state index contributed by atoms with van der Waals surface area (Å²) in [4.78, 5) is 26.1. The molecule has 5 heteroatoms. The molecule has 24 heavy (non-hydrogen) atoms. The van der Waals surface area contributed by atoms with Crippen LogP contribution in [-0.2, 0) is 16.0 Å². The minimum Gasteiger partial charge on any atom is -0.342 e. The van der Waals surface area contributed by atoms with E-state index >= 15 is 0 Å². The first-order valence-corrected chi connectivity index (χ1v) is 8.00. The van der Waals surface area contributed by atoms with E-state index in [0.29, 0.717) is 19.5 Å². The Kier molecular flexibility index (Phi) is 4.89. The third-order valence-electron chi connectivity index (χ3n) is 4.21. The van der Waals surface area contributed by atoms with Crippen LogP contribution in [0.4, 0.5) is 10.1 Å². The normalized spacial score (nSPS) is 17.1. The summed E-state index contributed by atoms with van der Waals surface area (Å²) in [5.41, 5.74) is 1.71. The van der Waals surface area contributed by atoms with E-state index in [1.807, 2.05) is 30.3 Å². The number of hydrogen-bond donors (Lipinski definition) is 1. The Morgan fingerprint density at radius 1 is 1.12 bits per heavy atom. The summed E-state index contributed by atoms with van der Waals surface area (Å²) in [6.07, 6.45) is 0.890. The molecule has 0 radical (unpaired) electrons. The fraction of sp³-hybridized carbons (Fsp3) is 0.263. The molecule has 124 valence electrons. The number of benzene rings is 2. The molecular formula is C19H19FN2O2. The Bertz CT molecular complexity index is 716. The lowest BCUT2D eigenvalue weighted by molar-refractivity contribution is -0.128.